The lowest BCUT2D eigenvalue weighted by Crippen LogP contribution is -2.48. The van der Waals surface area contributed by atoms with E-state index in [0.717, 1.165) is 0 Å². The average Bonchev–Trinajstić information content (AvgIpc) is 2.35. The third-order valence-corrected chi connectivity index (χ3v) is 3.77. The zero-order valence-electron chi connectivity index (χ0n) is 12.2. The minimum atomic E-state index is -3.80. The van der Waals surface area contributed by atoms with Gasteiger partial charge in [-0.2, -0.15) is 4.72 Å². The summed E-state index contributed by atoms with van der Waals surface area (Å²) in [4.78, 5) is 11.9. The van der Waals surface area contributed by atoms with Crippen LogP contribution in [-0.4, -0.2) is 32.6 Å². The van der Waals surface area contributed by atoms with E-state index in [2.05, 4.69) is 4.72 Å². The Labute approximate surface area is 131 Å². The summed E-state index contributed by atoms with van der Waals surface area (Å²) < 4.78 is 31.6. The van der Waals surface area contributed by atoms with E-state index in [0.29, 0.717) is 0 Å². The first-order chi connectivity index (χ1) is 9.15. The largest absolute Gasteiger partial charge is 0.459 e. The number of hydrogen-bond donors (Lipinski definition) is 2. The van der Waals surface area contributed by atoms with Gasteiger partial charge in [0, 0.05) is 6.54 Å². The second-order valence-electron chi connectivity index (χ2n) is 5.26. The monoisotopic (exact) mass is 336 g/mol. The van der Waals surface area contributed by atoms with Crippen LogP contribution in [0.3, 0.4) is 0 Å². The molecule has 8 heteroatoms. The van der Waals surface area contributed by atoms with Gasteiger partial charge in [-0.15, -0.1) is 12.4 Å². The van der Waals surface area contributed by atoms with E-state index in [1.807, 2.05) is 0 Å². The van der Waals surface area contributed by atoms with Crippen LogP contribution in [0.15, 0.2) is 35.2 Å². The molecule has 120 valence electrons. The van der Waals surface area contributed by atoms with Crippen LogP contribution in [0.5, 0.6) is 0 Å². The van der Waals surface area contributed by atoms with Gasteiger partial charge in [-0.1, -0.05) is 18.2 Å². The van der Waals surface area contributed by atoms with Crippen molar-refractivity contribution in [2.75, 3.05) is 6.54 Å². The molecule has 0 amide bonds. The molecule has 0 aliphatic heterocycles. The molecule has 1 aromatic rings. The van der Waals surface area contributed by atoms with E-state index in [1.165, 1.54) is 12.1 Å². The second-order valence-corrected chi connectivity index (χ2v) is 6.97. The van der Waals surface area contributed by atoms with E-state index in [-0.39, 0.29) is 23.8 Å². The molecule has 1 unspecified atom stereocenters. The molecule has 0 saturated heterocycles. The molecule has 0 fully saturated rings. The van der Waals surface area contributed by atoms with E-state index in [9.17, 15) is 13.2 Å². The molecular weight excluding hydrogens is 316 g/mol. The lowest BCUT2D eigenvalue weighted by atomic mass is 10.2. The van der Waals surface area contributed by atoms with Gasteiger partial charge in [0.05, 0.1) is 4.90 Å². The number of ether oxygens (including phenoxy) is 1. The number of halogens is 1. The standard InChI is InChI=1S/C13H20N2O4S.ClH/c1-13(2,3)19-12(16)11(9-14)15-20(17,18)10-7-5-4-6-8-10;/h4-8,11,15H,9,14H2,1-3H3;1H. The Morgan fingerprint density at radius 2 is 1.81 bits per heavy atom. The Bertz CT molecular complexity index is 555. The van der Waals surface area contributed by atoms with Gasteiger partial charge in [0.15, 0.2) is 0 Å². The van der Waals surface area contributed by atoms with Crippen LogP contribution < -0.4 is 10.5 Å². The number of carbonyl (C=O) groups excluding carboxylic acids is 1. The fourth-order valence-electron chi connectivity index (χ4n) is 1.42. The number of nitrogens with one attached hydrogen (secondary N) is 1. The van der Waals surface area contributed by atoms with E-state index < -0.39 is 27.6 Å². The summed E-state index contributed by atoms with van der Waals surface area (Å²) in [6.07, 6.45) is 0. The van der Waals surface area contributed by atoms with Crippen molar-refractivity contribution in [2.45, 2.75) is 37.3 Å². The van der Waals surface area contributed by atoms with Gasteiger partial charge in [0.1, 0.15) is 11.6 Å². The van der Waals surface area contributed by atoms with Crippen LogP contribution in [0.1, 0.15) is 20.8 Å². The summed E-state index contributed by atoms with van der Waals surface area (Å²) >= 11 is 0. The molecule has 0 aliphatic rings. The molecule has 3 N–H and O–H groups in total. The van der Waals surface area contributed by atoms with Crippen molar-refractivity contribution in [3.63, 3.8) is 0 Å². The van der Waals surface area contributed by atoms with E-state index >= 15 is 0 Å². The van der Waals surface area contributed by atoms with Gasteiger partial charge >= 0.3 is 5.97 Å². The zero-order valence-corrected chi connectivity index (χ0v) is 13.8. The van der Waals surface area contributed by atoms with Crippen LogP contribution in [0.2, 0.25) is 0 Å². The van der Waals surface area contributed by atoms with Crippen molar-refractivity contribution < 1.29 is 17.9 Å². The third kappa shape index (κ3) is 6.43. The molecule has 1 atom stereocenters. The summed E-state index contributed by atoms with van der Waals surface area (Å²) in [7, 11) is -3.80. The van der Waals surface area contributed by atoms with Gasteiger partial charge in [0.25, 0.3) is 0 Å². The maximum atomic E-state index is 12.1. The highest BCUT2D eigenvalue weighted by Crippen LogP contribution is 2.11. The molecule has 0 aliphatic carbocycles. The van der Waals surface area contributed by atoms with Crippen molar-refractivity contribution in [1.29, 1.82) is 0 Å². The van der Waals surface area contributed by atoms with Gasteiger partial charge in [0.2, 0.25) is 10.0 Å². The summed E-state index contributed by atoms with van der Waals surface area (Å²) in [5, 5.41) is 0. The summed E-state index contributed by atoms with van der Waals surface area (Å²) in [6, 6.07) is 6.65. The topological polar surface area (TPSA) is 98.5 Å². The Morgan fingerprint density at radius 1 is 1.29 bits per heavy atom. The van der Waals surface area contributed by atoms with Gasteiger partial charge in [-0.05, 0) is 32.9 Å². The van der Waals surface area contributed by atoms with Crippen molar-refractivity contribution in [3.8, 4) is 0 Å². The first-order valence-electron chi connectivity index (χ1n) is 6.16. The SMILES string of the molecule is CC(C)(C)OC(=O)C(CN)NS(=O)(=O)c1ccccc1.Cl. The number of esters is 1. The highest BCUT2D eigenvalue weighted by atomic mass is 35.5. The van der Waals surface area contributed by atoms with Crippen molar-refractivity contribution in [3.05, 3.63) is 30.3 Å². The average molecular weight is 337 g/mol. The highest BCUT2D eigenvalue weighted by molar-refractivity contribution is 7.89. The summed E-state index contributed by atoms with van der Waals surface area (Å²) in [5.41, 5.74) is 4.74. The molecule has 0 aromatic heterocycles. The minimum absolute atomic E-state index is 0. The lowest BCUT2D eigenvalue weighted by Gasteiger charge is -2.23. The first kappa shape index (κ1) is 19.9. The van der Waals surface area contributed by atoms with Crippen LogP contribution in [0.25, 0.3) is 0 Å². The predicted octanol–water partition coefficient (Wildman–Crippen LogP) is 1.06. The minimum Gasteiger partial charge on any atom is -0.459 e. The Morgan fingerprint density at radius 3 is 2.24 bits per heavy atom. The fraction of sp³-hybridized carbons (Fsp3) is 0.462. The number of carbonyl (C=O) groups is 1. The Kier molecular flexibility index (Phi) is 7.32. The molecular formula is C13H21ClN2O4S. The molecule has 0 heterocycles. The smallest absolute Gasteiger partial charge is 0.326 e. The molecule has 0 radical (unpaired) electrons. The quantitative estimate of drug-likeness (QED) is 0.783. The van der Waals surface area contributed by atoms with Gasteiger partial charge < -0.3 is 10.5 Å². The zero-order chi connectivity index (χ0) is 15.4. The molecule has 1 rings (SSSR count). The van der Waals surface area contributed by atoms with Crippen LogP contribution in [0, 0.1) is 0 Å². The normalized spacial score (nSPS) is 13.1. The molecule has 6 nitrogen and oxygen atoms in total. The summed E-state index contributed by atoms with van der Waals surface area (Å²) in [6.45, 7) is 4.92. The maximum absolute atomic E-state index is 12.1. The number of sulfonamides is 1. The molecule has 0 bridgehead atoms. The third-order valence-electron chi connectivity index (χ3n) is 2.28. The maximum Gasteiger partial charge on any atom is 0.326 e. The Balaban J connectivity index is 0.00000400. The van der Waals surface area contributed by atoms with Crippen molar-refractivity contribution in [2.24, 2.45) is 5.73 Å². The van der Waals surface area contributed by atoms with Gasteiger partial charge in [-0.3, -0.25) is 4.79 Å². The molecule has 1 aromatic carbocycles. The number of nitrogens with two attached hydrogens (primary N) is 1. The lowest BCUT2D eigenvalue weighted by molar-refractivity contribution is -0.156. The number of rotatable bonds is 5. The highest BCUT2D eigenvalue weighted by Gasteiger charge is 2.28. The predicted molar refractivity (Wildman–Crippen MR) is 82.7 cm³/mol. The van der Waals surface area contributed by atoms with Crippen molar-refractivity contribution >= 4 is 28.4 Å². The first-order valence-corrected chi connectivity index (χ1v) is 7.64. The Hall–Kier alpha value is -1.15. The summed E-state index contributed by atoms with van der Waals surface area (Å²) in [5.74, 6) is -0.695. The van der Waals surface area contributed by atoms with E-state index in [4.69, 9.17) is 10.5 Å². The fourth-order valence-corrected chi connectivity index (χ4v) is 2.64. The van der Waals surface area contributed by atoms with Crippen LogP contribution in [-0.2, 0) is 19.6 Å². The van der Waals surface area contributed by atoms with Crippen LogP contribution in [0.4, 0.5) is 0 Å². The van der Waals surface area contributed by atoms with Crippen molar-refractivity contribution in [1.82, 2.24) is 4.72 Å². The molecule has 21 heavy (non-hydrogen) atoms. The molecule has 0 spiro atoms. The number of benzene rings is 1. The second kappa shape index (κ2) is 7.74. The van der Waals surface area contributed by atoms with E-state index in [1.54, 1.807) is 39.0 Å². The molecule has 0 saturated carbocycles. The van der Waals surface area contributed by atoms with Gasteiger partial charge in [-0.25, -0.2) is 8.42 Å². The number of hydrogen-bond acceptors (Lipinski definition) is 5. The van der Waals surface area contributed by atoms with Crippen LogP contribution >= 0.6 is 12.4 Å².